The number of amides is 3. The van der Waals surface area contributed by atoms with E-state index < -0.39 is 17.7 Å². The lowest BCUT2D eigenvalue weighted by atomic mass is 10.0. The first-order valence-corrected chi connectivity index (χ1v) is 9.67. The van der Waals surface area contributed by atoms with Crippen molar-refractivity contribution in [2.75, 3.05) is 13.1 Å². The second-order valence-corrected chi connectivity index (χ2v) is 8.60. The number of imidazole rings is 1. The number of carboxylic acid groups (broad SMARTS) is 1. The molecule has 2 aliphatic rings. The molecular formula is C19H29N5O4. The van der Waals surface area contributed by atoms with E-state index in [1.165, 1.54) is 4.90 Å². The average Bonchev–Trinajstić information content (AvgIpc) is 3.13. The van der Waals surface area contributed by atoms with Crippen LogP contribution < -0.4 is 0 Å². The van der Waals surface area contributed by atoms with Gasteiger partial charge in [-0.15, -0.1) is 0 Å². The summed E-state index contributed by atoms with van der Waals surface area (Å²) in [5.74, 6) is 0.509. The van der Waals surface area contributed by atoms with E-state index in [4.69, 9.17) is 0 Å². The lowest BCUT2D eigenvalue weighted by Gasteiger charge is -2.41. The highest BCUT2D eigenvalue weighted by Crippen LogP contribution is 2.27. The van der Waals surface area contributed by atoms with E-state index in [1.54, 1.807) is 43.4 Å². The predicted octanol–water partition coefficient (Wildman–Crippen LogP) is 2.13. The molecule has 0 bridgehead atoms. The summed E-state index contributed by atoms with van der Waals surface area (Å²) in [6, 6.07) is -0.728. The zero-order valence-electron chi connectivity index (χ0n) is 17.2. The van der Waals surface area contributed by atoms with Gasteiger partial charge in [-0.2, -0.15) is 0 Å². The van der Waals surface area contributed by atoms with Crippen LogP contribution in [0.2, 0.25) is 0 Å². The second kappa shape index (κ2) is 7.10. The highest BCUT2D eigenvalue weighted by Gasteiger charge is 2.39. The van der Waals surface area contributed by atoms with Crippen LogP contribution in [0.1, 0.15) is 52.1 Å². The smallest absolute Gasteiger partial charge is 0.408 e. The van der Waals surface area contributed by atoms with Crippen molar-refractivity contribution >= 4 is 18.0 Å². The van der Waals surface area contributed by atoms with Crippen LogP contribution in [0.15, 0.2) is 6.20 Å². The molecule has 0 aliphatic carbocycles. The zero-order valence-corrected chi connectivity index (χ0v) is 17.2. The maximum absolute atomic E-state index is 12.9. The van der Waals surface area contributed by atoms with Gasteiger partial charge in [0, 0.05) is 24.7 Å². The summed E-state index contributed by atoms with van der Waals surface area (Å²) in [7, 11) is 0. The van der Waals surface area contributed by atoms with Gasteiger partial charge in [0.2, 0.25) is 5.91 Å². The molecule has 0 unspecified atom stereocenters. The van der Waals surface area contributed by atoms with Gasteiger partial charge >= 0.3 is 12.1 Å². The lowest BCUT2D eigenvalue weighted by molar-refractivity contribution is -0.139. The van der Waals surface area contributed by atoms with Gasteiger partial charge < -0.3 is 14.9 Å². The summed E-state index contributed by atoms with van der Waals surface area (Å²) in [4.78, 5) is 46.2. The van der Waals surface area contributed by atoms with Crippen LogP contribution >= 0.6 is 0 Å². The van der Waals surface area contributed by atoms with Crippen LogP contribution in [-0.4, -0.2) is 78.1 Å². The average molecular weight is 391 g/mol. The molecule has 9 nitrogen and oxygen atoms in total. The van der Waals surface area contributed by atoms with Gasteiger partial charge in [-0.25, -0.2) is 14.6 Å². The number of piperidine rings is 1. The fraction of sp³-hybridized carbons (Fsp3) is 0.684. The third-order valence-corrected chi connectivity index (χ3v) is 5.67. The number of rotatable bonds is 3. The second-order valence-electron chi connectivity index (χ2n) is 8.60. The molecule has 3 rings (SSSR count). The van der Waals surface area contributed by atoms with Crippen molar-refractivity contribution in [3.8, 4) is 0 Å². The van der Waals surface area contributed by atoms with Gasteiger partial charge in [0.05, 0.1) is 18.4 Å². The number of hydrogen-bond donors (Lipinski definition) is 1. The number of carbonyl (C=O) groups is 3. The highest BCUT2D eigenvalue weighted by molar-refractivity contribution is 5.85. The third-order valence-electron chi connectivity index (χ3n) is 5.67. The van der Waals surface area contributed by atoms with Crippen molar-refractivity contribution in [3.63, 3.8) is 0 Å². The van der Waals surface area contributed by atoms with Crippen LogP contribution in [-0.2, 0) is 11.3 Å². The number of fused-ring (bicyclic) bond motifs is 1. The number of carbonyl (C=O) groups excluding carboxylic acids is 2. The molecule has 0 radical (unpaired) electrons. The molecule has 3 amide bonds. The van der Waals surface area contributed by atoms with Crippen molar-refractivity contribution in [2.45, 2.75) is 71.6 Å². The van der Waals surface area contributed by atoms with Crippen LogP contribution in [0.5, 0.6) is 0 Å². The van der Waals surface area contributed by atoms with Crippen molar-refractivity contribution in [1.29, 1.82) is 0 Å². The Balaban J connectivity index is 1.62. The van der Waals surface area contributed by atoms with Crippen LogP contribution in [0.25, 0.3) is 0 Å². The summed E-state index contributed by atoms with van der Waals surface area (Å²) in [6.45, 7) is 10.4. The first kappa shape index (κ1) is 20.2. The molecule has 28 heavy (non-hydrogen) atoms. The molecule has 1 atom stereocenters. The van der Waals surface area contributed by atoms with Gasteiger partial charge in [-0.05, 0) is 47.5 Å². The minimum absolute atomic E-state index is 0.0482. The molecule has 0 aromatic carbocycles. The number of aromatic nitrogens is 2. The third kappa shape index (κ3) is 3.45. The van der Waals surface area contributed by atoms with E-state index in [0.29, 0.717) is 38.3 Å². The molecule has 0 spiro atoms. The highest BCUT2D eigenvalue weighted by atomic mass is 16.4. The van der Waals surface area contributed by atoms with E-state index >= 15 is 0 Å². The van der Waals surface area contributed by atoms with E-state index in [2.05, 4.69) is 4.98 Å². The van der Waals surface area contributed by atoms with E-state index in [1.807, 2.05) is 11.8 Å². The Hall–Kier alpha value is -2.58. The molecule has 1 N–H and O–H groups in total. The number of nitrogens with zero attached hydrogens (tertiary/aromatic N) is 5. The minimum atomic E-state index is -1.10. The summed E-state index contributed by atoms with van der Waals surface area (Å²) in [5, 5.41) is 9.53. The maximum atomic E-state index is 12.9. The number of aryl methyl sites for hydroxylation is 1. The molecule has 1 aromatic heterocycles. The maximum Gasteiger partial charge on any atom is 0.408 e. The number of hydrogen-bond acceptors (Lipinski definition) is 4. The normalized spacial score (nSPS) is 19.0. The Labute approximate surface area is 164 Å². The molecule has 1 saturated heterocycles. The summed E-state index contributed by atoms with van der Waals surface area (Å²) in [6.07, 6.45) is 2.01. The minimum Gasteiger partial charge on any atom is -0.465 e. The van der Waals surface area contributed by atoms with E-state index in [0.717, 1.165) is 5.69 Å². The van der Waals surface area contributed by atoms with Gasteiger partial charge in [0.15, 0.2) is 0 Å². The van der Waals surface area contributed by atoms with Crippen molar-refractivity contribution in [1.82, 2.24) is 24.3 Å². The Kier molecular flexibility index (Phi) is 5.12. The Bertz CT molecular complexity index is 789. The predicted molar refractivity (Wildman–Crippen MR) is 102 cm³/mol. The Morgan fingerprint density at radius 3 is 2.39 bits per heavy atom. The van der Waals surface area contributed by atoms with Crippen molar-refractivity contribution in [2.24, 2.45) is 0 Å². The first-order chi connectivity index (χ1) is 13.0. The summed E-state index contributed by atoms with van der Waals surface area (Å²) in [5.41, 5.74) is 0.234. The molecule has 0 saturated carbocycles. The molecule has 1 fully saturated rings. The van der Waals surface area contributed by atoms with Gasteiger partial charge in [-0.1, -0.05) is 0 Å². The summed E-state index contributed by atoms with van der Waals surface area (Å²) < 4.78 is 1.65. The summed E-state index contributed by atoms with van der Waals surface area (Å²) >= 11 is 0. The molecular weight excluding hydrogens is 362 g/mol. The Morgan fingerprint density at radius 1 is 1.29 bits per heavy atom. The van der Waals surface area contributed by atoms with Crippen LogP contribution in [0.4, 0.5) is 9.59 Å². The first-order valence-electron chi connectivity index (χ1n) is 9.67. The SMILES string of the molecule is Cc1ncc2n1C(=O)N(C1CCN(C(=O)[C@@H](C)N(C(=O)O)C(C)(C)C)CC1)C2. The monoisotopic (exact) mass is 391 g/mol. The van der Waals surface area contributed by atoms with E-state index in [-0.39, 0.29) is 18.0 Å². The van der Waals surface area contributed by atoms with Crippen LogP contribution in [0, 0.1) is 6.92 Å². The quantitative estimate of drug-likeness (QED) is 0.851. The largest absolute Gasteiger partial charge is 0.465 e. The molecule has 2 aliphatic heterocycles. The Morgan fingerprint density at radius 2 is 1.89 bits per heavy atom. The van der Waals surface area contributed by atoms with Crippen molar-refractivity contribution < 1.29 is 19.5 Å². The molecule has 154 valence electrons. The fourth-order valence-corrected chi connectivity index (χ4v) is 4.33. The standard InChI is InChI=1S/C19H29N5O4/c1-12(24(18(27)28)19(3,4)5)16(25)21-8-6-14(7-9-21)22-11-15-10-20-13(2)23(15)17(22)26/h10,12,14H,6-9,11H2,1-5H3,(H,27,28)/t12-/m1/s1. The fourth-order valence-electron chi connectivity index (χ4n) is 4.33. The van der Waals surface area contributed by atoms with Gasteiger partial charge in [0.1, 0.15) is 11.9 Å². The number of likely N-dealkylation sites (tertiary alicyclic amines) is 1. The van der Waals surface area contributed by atoms with E-state index in [9.17, 15) is 19.5 Å². The lowest BCUT2D eigenvalue weighted by Crippen LogP contribution is -2.57. The van der Waals surface area contributed by atoms with Gasteiger partial charge in [0.25, 0.3) is 0 Å². The van der Waals surface area contributed by atoms with Gasteiger partial charge in [-0.3, -0.25) is 14.3 Å². The van der Waals surface area contributed by atoms with Crippen molar-refractivity contribution in [3.05, 3.63) is 17.7 Å². The molecule has 9 heteroatoms. The zero-order chi connectivity index (χ0) is 20.8. The topological polar surface area (TPSA) is 99.0 Å². The molecule has 1 aromatic rings. The van der Waals surface area contributed by atoms with Crippen LogP contribution in [0.3, 0.4) is 0 Å². The molecule has 3 heterocycles.